The summed E-state index contributed by atoms with van der Waals surface area (Å²) in [5.74, 6) is -0.0533. The van der Waals surface area contributed by atoms with Crippen LogP contribution in [0.5, 0.6) is 0 Å². The van der Waals surface area contributed by atoms with Gasteiger partial charge in [0, 0.05) is 12.8 Å². The second-order valence-electron chi connectivity index (χ2n) is 18.9. The largest absolute Gasteiger partial charge is 0.466 e. The molecule has 0 aliphatic rings. The molecule has 60 heavy (non-hydrogen) atoms. The molecular formula is C54H107NO5. The van der Waals surface area contributed by atoms with Crippen LogP contribution in [0.2, 0.25) is 0 Å². The minimum absolute atomic E-state index is 0.00597. The number of rotatable bonds is 51. The van der Waals surface area contributed by atoms with Crippen LogP contribution in [0.4, 0.5) is 0 Å². The minimum Gasteiger partial charge on any atom is -0.466 e. The zero-order chi connectivity index (χ0) is 43.7. The van der Waals surface area contributed by atoms with Gasteiger partial charge in [0.25, 0.3) is 0 Å². The Kier molecular flexibility index (Phi) is 49.5. The SMILES string of the molecule is CCCCCCCCCCCCCCCCCCCC(O)C(CO)NC(=O)CCCCCCCCCCCCCCOC(=O)CCCCCCCCCCCCCCCC. The first-order chi connectivity index (χ1) is 29.5. The zero-order valence-electron chi connectivity index (χ0n) is 40.7. The molecule has 0 rings (SSSR count). The summed E-state index contributed by atoms with van der Waals surface area (Å²) in [6.45, 7) is 4.94. The van der Waals surface area contributed by atoms with Crippen molar-refractivity contribution < 1.29 is 24.5 Å². The molecule has 0 radical (unpaired) electrons. The van der Waals surface area contributed by atoms with Crippen molar-refractivity contribution >= 4 is 11.9 Å². The van der Waals surface area contributed by atoms with E-state index >= 15 is 0 Å². The Balaban J connectivity index is 3.44. The molecule has 0 fully saturated rings. The molecular weight excluding hydrogens is 743 g/mol. The predicted molar refractivity (Wildman–Crippen MR) is 260 cm³/mol. The average Bonchev–Trinajstić information content (AvgIpc) is 3.25. The normalized spacial score (nSPS) is 12.5. The summed E-state index contributed by atoms with van der Waals surface area (Å²) in [7, 11) is 0. The molecule has 0 spiro atoms. The van der Waals surface area contributed by atoms with Crippen molar-refractivity contribution in [1.82, 2.24) is 5.32 Å². The third-order valence-corrected chi connectivity index (χ3v) is 12.9. The number of aliphatic hydroxyl groups is 2. The molecule has 2 unspecified atom stereocenters. The number of unbranched alkanes of at least 4 members (excludes halogenated alkanes) is 40. The van der Waals surface area contributed by atoms with Crippen molar-refractivity contribution in [2.45, 2.75) is 321 Å². The van der Waals surface area contributed by atoms with E-state index in [1.54, 1.807) is 0 Å². The van der Waals surface area contributed by atoms with Crippen molar-refractivity contribution in [2.24, 2.45) is 0 Å². The number of nitrogens with one attached hydrogen (secondary N) is 1. The number of aliphatic hydroxyl groups excluding tert-OH is 2. The Morgan fingerprint density at radius 2 is 0.683 bits per heavy atom. The number of hydrogen-bond donors (Lipinski definition) is 3. The molecule has 3 N–H and O–H groups in total. The Morgan fingerprint density at radius 3 is 1.02 bits per heavy atom. The van der Waals surface area contributed by atoms with Crippen LogP contribution in [0, 0.1) is 0 Å². The van der Waals surface area contributed by atoms with E-state index in [9.17, 15) is 19.8 Å². The third kappa shape index (κ3) is 46.4. The quantitative estimate of drug-likeness (QED) is 0.0418. The standard InChI is InChI=1S/C54H107NO5/c1-3-5-7-9-11-13-15-17-19-20-21-22-26-30-34-38-42-46-52(57)51(50-56)55-53(58)47-43-39-35-31-27-24-25-29-33-37-41-45-49-60-54(59)48-44-40-36-32-28-23-18-16-14-12-10-8-6-4-2/h51-52,56-57H,3-50H2,1-2H3,(H,55,58). The van der Waals surface area contributed by atoms with E-state index in [-0.39, 0.29) is 18.5 Å². The van der Waals surface area contributed by atoms with Crippen molar-refractivity contribution in [1.29, 1.82) is 0 Å². The molecule has 0 saturated carbocycles. The highest BCUT2D eigenvalue weighted by atomic mass is 16.5. The third-order valence-electron chi connectivity index (χ3n) is 12.9. The smallest absolute Gasteiger partial charge is 0.305 e. The van der Waals surface area contributed by atoms with Gasteiger partial charge < -0.3 is 20.3 Å². The van der Waals surface area contributed by atoms with Gasteiger partial charge in [-0.15, -0.1) is 0 Å². The Hall–Kier alpha value is -1.14. The summed E-state index contributed by atoms with van der Waals surface area (Å²) < 4.78 is 5.47. The molecule has 1 amide bonds. The van der Waals surface area contributed by atoms with Crippen LogP contribution >= 0.6 is 0 Å². The van der Waals surface area contributed by atoms with Crippen molar-refractivity contribution in [3.63, 3.8) is 0 Å². The van der Waals surface area contributed by atoms with Gasteiger partial charge >= 0.3 is 5.97 Å². The lowest BCUT2D eigenvalue weighted by Crippen LogP contribution is -2.45. The van der Waals surface area contributed by atoms with Gasteiger partial charge in [-0.25, -0.2) is 0 Å². The van der Waals surface area contributed by atoms with Gasteiger partial charge in [-0.05, 0) is 25.7 Å². The molecule has 0 saturated heterocycles. The fourth-order valence-corrected chi connectivity index (χ4v) is 8.70. The van der Waals surface area contributed by atoms with Crippen molar-refractivity contribution in [2.75, 3.05) is 13.2 Å². The summed E-state index contributed by atoms with van der Waals surface area (Å²) in [5.41, 5.74) is 0. The van der Waals surface area contributed by atoms with E-state index in [1.807, 2.05) is 0 Å². The maximum absolute atomic E-state index is 12.5. The number of carbonyl (C=O) groups excluding carboxylic acids is 2. The van der Waals surface area contributed by atoms with Crippen LogP contribution < -0.4 is 5.32 Å². The summed E-state index contributed by atoms with van der Waals surface area (Å²) in [4.78, 5) is 24.5. The van der Waals surface area contributed by atoms with Crippen LogP contribution in [0.3, 0.4) is 0 Å². The lowest BCUT2D eigenvalue weighted by atomic mass is 10.0. The zero-order valence-corrected chi connectivity index (χ0v) is 40.7. The van der Waals surface area contributed by atoms with E-state index in [4.69, 9.17) is 4.74 Å². The van der Waals surface area contributed by atoms with Gasteiger partial charge in [0.05, 0.1) is 25.4 Å². The molecule has 0 aromatic rings. The molecule has 0 heterocycles. The van der Waals surface area contributed by atoms with Gasteiger partial charge in [0.1, 0.15) is 0 Å². The second-order valence-corrected chi connectivity index (χ2v) is 18.9. The molecule has 6 heteroatoms. The molecule has 2 atom stereocenters. The van der Waals surface area contributed by atoms with Gasteiger partial charge in [0.2, 0.25) is 5.91 Å². The number of hydrogen-bond acceptors (Lipinski definition) is 5. The predicted octanol–water partition coefficient (Wildman–Crippen LogP) is 16.4. The average molecular weight is 850 g/mol. The van der Waals surface area contributed by atoms with E-state index in [1.165, 1.54) is 218 Å². The van der Waals surface area contributed by atoms with Crippen LogP contribution in [0.1, 0.15) is 309 Å². The molecule has 6 nitrogen and oxygen atoms in total. The van der Waals surface area contributed by atoms with Gasteiger partial charge in [-0.3, -0.25) is 9.59 Å². The highest BCUT2D eigenvalue weighted by Crippen LogP contribution is 2.17. The monoisotopic (exact) mass is 850 g/mol. The fraction of sp³-hybridized carbons (Fsp3) is 0.963. The van der Waals surface area contributed by atoms with Crippen molar-refractivity contribution in [3.05, 3.63) is 0 Å². The van der Waals surface area contributed by atoms with E-state index < -0.39 is 12.1 Å². The maximum atomic E-state index is 12.5. The Bertz CT molecular complexity index is 852. The fourth-order valence-electron chi connectivity index (χ4n) is 8.70. The van der Waals surface area contributed by atoms with Crippen LogP contribution in [-0.4, -0.2) is 47.4 Å². The summed E-state index contributed by atoms with van der Waals surface area (Å²) >= 11 is 0. The van der Waals surface area contributed by atoms with Gasteiger partial charge in [-0.1, -0.05) is 271 Å². The van der Waals surface area contributed by atoms with E-state index in [2.05, 4.69) is 19.2 Å². The molecule has 0 aromatic heterocycles. The maximum Gasteiger partial charge on any atom is 0.305 e. The topological polar surface area (TPSA) is 95.9 Å². The van der Waals surface area contributed by atoms with Crippen LogP contribution in [-0.2, 0) is 14.3 Å². The second kappa shape index (κ2) is 50.5. The number of esters is 1. The molecule has 0 aromatic carbocycles. The van der Waals surface area contributed by atoms with Crippen LogP contribution in [0.25, 0.3) is 0 Å². The van der Waals surface area contributed by atoms with E-state index in [0.717, 1.165) is 57.8 Å². The van der Waals surface area contributed by atoms with E-state index in [0.29, 0.717) is 25.9 Å². The lowest BCUT2D eigenvalue weighted by Gasteiger charge is -2.22. The summed E-state index contributed by atoms with van der Waals surface area (Å²) in [5, 5.41) is 23.3. The summed E-state index contributed by atoms with van der Waals surface area (Å²) in [6.07, 6.45) is 56.4. The molecule has 0 bridgehead atoms. The first-order valence-electron chi connectivity index (χ1n) is 27.3. The number of carbonyl (C=O) groups is 2. The van der Waals surface area contributed by atoms with Crippen molar-refractivity contribution in [3.8, 4) is 0 Å². The van der Waals surface area contributed by atoms with Crippen LogP contribution in [0.15, 0.2) is 0 Å². The highest BCUT2D eigenvalue weighted by molar-refractivity contribution is 5.76. The minimum atomic E-state index is -0.673. The lowest BCUT2D eigenvalue weighted by molar-refractivity contribution is -0.143. The van der Waals surface area contributed by atoms with Gasteiger partial charge in [0.15, 0.2) is 0 Å². The Morgan fingerprint density at radius 1 is 0.400 bits per heavy atom. The number of ether oxygens (including phenoxy) is 1. The number of amides is 1. The summed E-state index contributed by atoms with van der Waals surface area (Å²) in [6, 6.07) is -0.551. The van der Waals surface area contributed by atoms with Gasteiger partial charge in [-0.2, -0.15) is 0 Å². The Labute approximate surface area is 375 Å². The molecule has 0 aliphatic heterocycles. The molecule has 0 aliphatic carbocycles. The first kappa shape index (κ1) is 58.9. The molecule has 358 valence electrons. The first-order valence-corrected chi connectivity index (χ1v) is 27.3. The highest BCUT2D eigenvalue weighted by Gasteiger charge is 2.20.